The maximum absolute atomic E-state index is 8.45. The zero-order chi connectivity index (χ0) is 7.11. The van der Waals surface area contributed by atoms with Crippen molar-refractivity contribution in [3.05, 3.63) is 12.0 Å². The van der Waals surface area contributed by atoms with Crippen LogP contribution in [0.25, 0.3) is 0 Å². The van der Waals surface area contributed by atoms with Crippen LogP contribution in [0.3, 0.4) is 0 Å². The Hall–Kier alpha value is -0.700. The molecule has 0 saturated heterocycles. The monoisotopic (exact) mass is 131 g/mol. The van der Waals surface area contributed by atoms with Gasteiger partial charge in [-0.15, -0.1) is 0 Å². The first-order valence-electron chi connectivity index (χ1n) is 2.86. The lowest BCUT2D eigenvalue weighted by molar-refractivity contribution is 0.230. The molecule has 0 spiro atoms. The summed E-state index contributed by atoms with van der Waals surface area (Å²) in [7, 11) is 3.37. The fourth-order valence-corrected chi connectivity index (χ4v) is 0.504. The number of rotatable bonds is 4. The lowest BCUT2D eigenvalue weighted by Gasteiger charge is -2.02. The van der Waals surface area contributed by atoms with E-state index in [9.17, 15) is 0 Å². The van der Waals surface area contributed by atoms with Crippen molar-refractivity contribution in [3.8, 4) is 0 Å². The molecule has 0 aromatic heterocycles. The summed E-state index contributed by atoms with van der Waals surface area (Å²) in [4.78, 5) is 0. The van der Waals surface area contributed by atoms with Crippen LogP contribution in [-0.2, 0) is 4.74 Å². The maximum atomic E-state index is 8.45. The van der Waals surface area contributed by atoms with Crippen LogP contribution in [0.4, 0.5) is 0 Å². The Balaban J connectivity index is 3.53. The van der Waals surface area contributed by atoms with Crippen LogP contribution >= 0.6 is 0 Å². The Morgan fingerprint density at radius 3 is 2.78 bits per heavy atom. The molecule has 0 saturated carbocycles. The van der Waals surface area contributed by atoms with Gasteiger partial charge in [0.15, 0.2) is 0 Å². The molecule has 0 aliphatic carbocycles. The Kier molecular flexibility index (Phi) is 5.01. The van der Waals surface area contributed by atoms with E-state index in [0.29, 0.717) is 6.42 Å². The summed E-state index contributed by atoms with van der Waals surface area (Å²) >= 11 is 0. The fourth-order valence-electron chi connectivity index (χ4n) is 0.504. The molecule has 9 heavy (non-hydrogen) atoms. The molecule has 0 bridgehead atoms. The first-order chi connectivity index (χ1) is 4.35. The van der Waals surface area contributed by atoms with Gasteiger partial charge in [0.25, 0.3) is 0 Å². The second-order valence-corrected chi connectivity index (χ2v) is 1.58. The van der Waals surface area contributed by atoms with Gasteiger partial charge in [0.1, 0.15) is 5.76 Å². The SMILES string of the molecule is CN/C=C(/CCO)OC. The van der Waals surface area contributed by atoms with E-state index >= 15 is 0 Å². The highest BCUT2D eigenvalue weighted by atomic mass is 16.5. The Labute approximate surface area is 55.3 Å². The molecule has 0 atom stereocenters. The van der Waals surface area contributed by atoms with Crippen LogP contribution in [0.5, 0.6) is 0 Å². The summed E-state index contributed by atoms with van der Waals surface area (Å²) in [5.74, 6) is 0.764. The van der Waals surface area contributed by atoms with Gasteiger partial charge in [-0.3, -0.25) is 0 Å². The van der Waals surface area contributed by atoms with Crippen LogP contribution in [0, 0.1) is 0 Å². The molecule has 0 unspecified atom stereocenters. The summed E-state index contributed by atoms with van der Waals surface area (Å²) < 4.78 is 4.87. The Morgan fingerprint density at radius 1 is 1.78 bits per heavy atom. The lowest BCUT2D eigenvalue weighted by Crippen LogP contribution is -1.99. The minimum atomic E-state index is 0.126. The standard InChI is InChI=1S/C6H13NO2/c1-7-5-6(9-2)3-4-8/h5,7-8H,3-4H2,1-2H3/b6-5-. The van der Waals surface area contributed by atoms with Crippen molar-refractivity contribution in [1.29, 1.82) is 0 Å². The number of nitrogens with one attached hydrogen (secondary N) is 1. The molecule has 0 aromatic rings. The van der Waals surface area contributed by atoms with E-state index in [1.54, 1.807) is 20.4 Å². The minimum Gasteiger partial charge on any atom is -0.500 e. The summed E-state index contributed by atoms with van der Waals surface area (Å²) in [5.41, 5.74) is 0. The summed E-state index contributed by atoms with van der Waals surface area (Å²) in [6.07, 6.45) is 2.29. The van der Waals surface area contributed by atoms with Crippen molar-refractivity contribution in [2.45, 2.75) is 6.42 Å². The fraction of sp³-hybridized carbons (Fsp3) is 0.667. The molecule has 0 heterocycles. The van der Waals surface area contributed by atoms with Crippen molar-refractivity contribution >= 4 is 0 Å². The van der Waals surface area contributed by atoms with Gasteiger partial charge in [0.05, 0.1) is 13.7 Å². The van der Waals surface area contributed by atoms with Crippen molar-refractivity contribution in [3.63, 3.8) is 0 Å². The molecule has 3 nitrogen and oxygen atoms in total. The van der Waals surface area contributed by atoms with Crippen molar-refractivity contribution in [2.24, 2.45) is 0 Å². The summed E-state index contributed by atoms with van der Waals surface area (Å²) in [5, 5.41) is 11.3. The van der Waals surface area contributed by atoms with E-state index in [1.807, 2.05) is 0 Å². The van der Waals surface area contributed by atoms with Crippen LogP contribution in [0.1, 0.15) is 6.42 Å². The van der Waals surface area contributed by atoms with E-state index in [-0.39, 0.29) is 6.61 Å². The smallest absolute Gasteiger partial charge is 0.113 e. The molecule has 2 N–H and O–H groups in total. The third-order valence-electron chi connectivity index (χ3n) is 0.926. The predicted molar refractivity (Wildman–Crippen MR) is 35.9 cm³/mol. The van der Waals surface area contributed by atoms with E-state index < -0.39 is 0 Å². The Morgan fingerprint density at radius 2 is 2.44 bits per heavy atom. The molecular formula is C6H13NO2. The van der Waals surface area contributed by atoms with Crippen LogP contribution in [-0.4, -0.2) is 25.9 Å². The van der Waals surface area contributed by atoms with Crippen molar-refractivity contribution in [2.75, 3.05) is 20.8 Å². The van der Waals surface area contributed by atoms with Gasteiger partial charge in [-0.2, -0.15) is 0 Å². The normalized spacial score (nSPS) is 11.2. The van der Waals surface area contributed by atoms with Crippen molar-refractivity contribution in [1.82, 2.24) is 5.32 Å². The lowest BCUT2D eigenvalue weighted by atomic mass is 10.4. The zero-order valence-corrected chi connectivity index (χ0v) is 5.85. The predicted octanol–water partition coefficient (Wildman–Crippen LogP) is 0.0760. The van der Waals surface area contributed by atoms with E-state index in [4.69, 9.17) is 9.84 Å². The van der Waals surface area contributed by atoms with Gasteiger partial charge < -0.3 is 15.2 Å². The number of aliphatic hydroxyl groups excluding tert-OH is 1. The van der Waals surface area contributed by atoms with E-state index in [1.165, 1.54) is 0 Å². The second kappa shape index (κ2) is 5.44. The van der Waals surface area contributed by atoms with Gasteiger partial charge in [-0.25, -0.2) is 0 Å². The third-order valence-corrected chi connectivity index (χ3v) is 0.926. The summed E-state index contributed by atoms with van der Waals surface area (Å²) in [6, 6.07) is 0. The zero-order valence-electron chi connectivity index (χ0n) is 5.85. The largest absolute Gasteiger partial charge is 0.500 e. The molecule has 0 aliphatic heterocycles. The highest BCUT2D eigenvalue weighted by Crippen LogP contribution is 1.97. The minimum absolute atomic E-state index is 0.126. The van der Waals surface area contributed by atoms with Gasteiger partial charge >= 0.3 is 0 Å². The number of hydrogen-bond acceptors (Lipinski definition) is 3. The number of ether oxygens (including phenoxy) is 1. The number of aliphatic hydroxyl groups is 1. The molecule has 0 fully saturated rings. The summed E-state index contributed by atoms with van der Waals surface area (Å²) in [6.45, 7) is 0.126. The Bertz CT molecular complexity index is 91.1. The molecule has 0 rings (SSSR count). The van der Waals surface area contributed by atoms with Crippen LogP contribution in [0.2, 0.25) is 0 Å². The topological polar surface area (TPSA) is 41.5 Å². The molecular weight excluding hydrogens is 118 g/mol. The average molecular weight is 131 g/mol. The quantitative estimate of drug-likeness (QED) is 0.531. The molecule has 0 aliphatic rings. The molecule has 0 radical (unpaired) electrons. The van der Waals surface area contributed by atoms with Gasteiger partial charge in [-0.1, -0.05) is 0 Å². The van der Waals surface area contributed by atoms with E-state index in [0.717, 1.165) is 5.76 Å². The first-order valence-corrected chi connectivity index (χ1v) is 2.86. The molecule has 3 heteroatoms. The van der Waals surface area contributed by atoms with Crippen molar-refractivity contribution < 1.29 is 9.84 Å². The third kappa shape index (κ3) is 3.85. The highest BCUT2D eigenvalue weighted by molar-refractivity contribution is 4.89. The molecule has 0 aromatic carbocycles. The number of methoxy groups -OCH3 is 1. The van der Waals surface area contributed by atoms with Gasteiger partial charge in [0.2, 0.25) is 0 Å². The van der Waals surface area contributed by atoms with Gasteiger partial charge in [-0.05, 0) is 0 Å². The van der Waals surface area contributed by atoms with Crippen LogP contribution < -0.4 is 5.32 Å². The average Bonchev–Trinajstić information content (AvgIpc) is 1.88. The van der Waals surface area contributed by atoms with E-state index in [2.05, 4.69) is 5.32 Å². The second-order valence-electron chi connectivity index (χ2n) is 1.58. The first kappa shape index (κ1) is 8.30. The highest BCUT2D eigenvalue weighted by Gasteiger charge is 1.90. The van der Waals surface area contributed by atoms with Gasteiger partial charge in [0, 0.05) is 19.7 Å². The number of hydrogen-bond donors (Lipinski definition) is 2. The van der Waals surface area contributed by atoms with Crippen LogP contribution in [0.15, 0.2) is 12.0 Å². The maximum Gasteiger partial charge on any atom is 0.113 e. The molecule has 0 amide bonds. The molecule has 54 valence electrons.